The number of hydrogen-bond donors (Lipinski definition) is 1. The van der Waals surface area contributed by atoms with Gasteiger partial charge in [0.25, 0.3) is 0 Å². The first-order valence-corrected chi connectivity index (χ1v) is 6.07. The Balaban J connectivity index is 2.49. The first kappa shape index (κ1) is 14.9. The summed E-state index contributed by atoms with van der Waals surface area (Å²) in [6.07, 6.45) is -1.78. The summed E-state index contributed by atoms with van der Waals surface area (Å²) in [5, 5.41) is 0. The Morgan fingerprint density at radius 2 is 2.00 bits per heavy atom. The average molecular weight is 299 g/mol. The Morgan fingerprint density at radius 1 is 1.24 bits per heavy atom. The van der Waals surface area contributed by atoms with Crippen LogP contribution >= 0.6 is 0 Å². The van der Waals surface area contributed by atoms with E-state index in [2.05, 4.69) is 19.9 Å². The molecule has 0 fully saturated rings. The van der Waals surface area contributed by atoms with E-state index in [1.165, 1.54) is 0 Å². The van der Waals surface area contributed by atoms with Crippen LogP contribution in [0.3, 0.4) is 0 Å². The second-order valence-corrected chi connectivity index (χ2v) is 4.07. The monoisotopic (exact) mass is 299 g/mol. The van der Waals surface area contributed by atoms with Crippen LogP contribution in [-0.4, -0.2) is 26.5 Å². The van der Waals surface area contributed by atoms with Crippen molar-refractivity contribution in [2.45, 2.75) is 19.5 Å². The van der Waals surface area contributed by atoms with Gasteiger partial charge < -0.3 is 10.5 Å². The number of anilines is 1. The molecule has 2 N–H and O–H groups in total. The zero-order chi connectivity index (χ0) is 15.5. The van der Waals surface area contributed by atoms with Crippen LogP contribution in [0.1, 0.15) is 18.9 Å². The third-order valence-corrected chi connectivity index (χ3v) is 2.43. The number of nitrogens with two attached hydrogens (primary N) is 1. The van der Waals surface area contributed by atoms with Gasteiger partial charge in [-0.15, -0.1) is 0 Å². The van der Waals surface area contributed by atoms with Gasteiger partial charge in [-0.1, -0.05) is 6.92 Å². The predicted octanol–water partition coefficient (Wildman–Crippen LogP) is 2.32. The maximum absolute atomic E-state index is 13.0. The first-order chi connectivity index (χ1) is 9.91. The van der Waals surface area contributed by atoms with Crippen molar-refractivity contribution in [3.8, 4) is 17.4 Å². The lowest BCUT2D eigenvalue weighted by Gasteiger charge is -2.11. The zero-order valence-corrected chi connectivity index (χ0v) is 11.1. The molecule has 0 radical (unpaired) electrons. The molecular formula is C12H12F3N5O. The summed E-state index contributed by atoms with van der Waals surface area (Å²) in [7, 11) is 0. The molecule has 0 aromatic carbocycles. The van der Waals surface area contributed by atoms with Crippen LogP contribution in [0.2, 0.25) is 0 Å². The molecular weight excluding hydrogens is 287 g/mol. The van der Waals surface area contributed by atoms with Crippen molar-refractivity contribution in [3.05, 3.63) is 24.0 Å². The van der Waals surface area contributed by atoms with Crippen LogP contribution in [0.4, 0.5) is 19.1 Å². The Labute approximate surface area is 118 Å². The minimum Gasteiger partial charge on any atom is -0.463 e. The molecule has 0 aliphatic carbocycles. The molecule has 2 aromatic heterocycles. The van der Waals surface area contributed by atoms with Gasteiger partial charge in [-0.2, -0.15) is 28.1 Å². The molecule has 2 rings (SSSR count). The summed E-state index contributed by atoms with van der Waals surface area (Å²) in [5.41, 5.74) is 4.31. The van der Waals surface area contributed by atoms with E-state index in [9.17, 15) is 13.2 Å². The van der Waals surface area contributed by atoms with Gasteiger partial charge in [0.1, 0.15) is 0 Å². The number of halogens is 3. The fourth-order valence-corrected chi connectivity index (χ4v) is 1.57. The van der Waals surface area contributed by atoms with Crippen molar-refractivity contribution in [1.29, 1.82) is 0 Å². The lowest BCUT2D eigenvalue weighted by Crippen LogP contribution is -2.10. The minimum atomic E-state index is -4.55. The molecule has 112 valence electrons. The highest BCUT2D eigenvalue weighted by atomic mass is 19.4. The second kappa shape index (κ2) is 5.90. The number of aromatic nitrogens is 4. The molecule has 0 aliphatic heterocycles. The summed E-state index contributed by atoms with van der Waals surface area (Å²) in [4.78, 5) is 15.0. The third kappa shape index (κ3) is 3.56. The lowest BCUT2D eigenvalue weighted by molar-refractivity contribution is -0.137. The van der Waals surface area contributed by atoms with Crippen LogP contribution in [0, 0.1) is 0 Å². The van der Waals surface area contributed by atoms with Crippen LogP contribution in [0.15, 0.2) is 18.5 Å². The average Bonchev–Trinajstić information content (AvgIpc) is 2.43. The number of nitrogens with zero attached hydrogens (tertiary/aromatic N) is 4. The summed E-state index contributed by atoms with van der Waals surface area (Å²) >= 11 is 0. The molecule has 2 heterocycles. The highest BCUT2D eigenvalue weighted by molar-refractivity contribution is 5.60. The quantitative estimate of drug-likeness (QED) is 0.932. The van der Waals surface area contributed by atoms with Crippen LogP contribution < -0.4 is 10.5 Å². The topological polar surface area (TPSA) is 86.8 Å². The number of nitrogen functional groups attached to an aromatic ring is 1. The Bertz CT molecular complexity index is 633. The summed E-state index contributed by atoms with van der Waals surface area (Å²) in [6.45, 7) is 2.19. The van der Waals surface area contributed by atoms with E-state index in [0.717, 1.165) is 18.5 Å². The van der Waals surface area contributed by atoms with Crippen molar-refractivity contribution >= 4 is 5.95 Å². The van der Waals surface area contributed by atoms with E-state index < -0.39 is 11.7 Å². The van der Waals surface area contributed by atoms with Gasteiger partial charge in [0, 0.05) is 12.4 Å². The predicted molar refractivity (Wildman–Crippen MR) is 68.3 cm³/mol. The van der Waals surface area contributed by atoms with Gasteiger partial charge in [-0.25, -0.2) is 0 Å². The molecule has 2 aromatic rings. The molecule has 21 heavy (non-hydrogen) atoms. The van der Waals surface area contributed by atoms with E-state index in [1.807, 2.05) is 6.92 Å². The molecule has 0 saturated heterocycles. The van der Waals surface area contributed by atoms with Crippen molar-refractivity contribution < 1.29 is 17.9 Å². The van der Waals surface area contributed by atoms with E-state index in [0.29, 0.717) is 13.0 Å². The maximum Gasteiger partial charge on any atom is 0.417 e. The highest BCUT2D eigenvalue weighted by Crippen LogP contribution is 2.35. The molecule has 0 spiro atoms. The minimum absolute atomic E-state index is 0.115. The Hall–Kier alpha value is -2.45. The van der Waals surface area contributed by atoms with E-state index in [-0.39, 0.29) is 23.3 Å². The largest absolute Gasteiger partial charge is 0.463 e. The second-order valence-electron chi connectivity index (χ2n) is 4.07. The molecule has 0 aliphatic rings. The highest BCUT2D eigenvalue weighted by Gasteiger charge is 2.34. The third-order valence-electron chi connectivity index (χ3n) is 2.43. The van der Waals surface area contributed by atoms with E-state index in [1.54, 1.807) is 0 Å². The molecule has 0 atom stereocenters. The summed E-state index contributed by atoms with van der Waals surface area (Å²) in [6, 6.07) is 0.735. The fraction of sp³-hybridized carbons (Fsp3) is 0.333. The van der Waals surface area contributed by atoms with Gasteiger partial charge in [0.2, 0.25) is 5.95 Å². The van der Waals surface area contributed by atoms with Crippen molar-refractivity contribution in [1.82, 2.24) is 19.9 Å². The van der Waals surface area contributed by atoms with Gasteiger partial charge in [0.05, 0.1) is 17.7 Å². The first-order valence-electron chi connectivity index (χ1n) is 6.07. The van der Waals surface area contributed by atoms with Crippen LogP contribution in [-0.2, 0) is 6.18 Å². The Kier molecular flexibility index (Phi) is 4.20. The number of pyridine rings is 1. The molecule has 0 unspecified atom stereocenters. The van der Waals surface area contributed by atoms with Crippen LogP contribution in [0.5, 0.6) is 6.01 Å². The number of ether oxygens (including phenoxy) is 1. The normalized spacial score (nSPS) is 11.4. The van der Waals surface area contributed by atoms with Crippen molar-refractivity contribution in [3.63, 3.8) is 0 Å². The van der Waals surface area contributed by atoms with Gasteiger partial charge in [-0.05, 0) is 12.5 Å². The number of rotatable bonds is 4. The van der Waals surface area contributed by atoms with Crippen molar-refractivity contribution in [2.24, 2.45) is 0 Å². The van der Waals surface area contributed by atoms with Gasteiger partial charge in [-0.3, -0.25) is 4.98 Å². The molecule has 9 heteroatoms. The lowest BCUT2D eigenvalue weighted by atomic mass is 10.1. The number of hydrogen-bond acceptors (Lipinski definition) is 6. The SMILES string of the molecule is CCCOc1nc(N)nc(-c2cnccc2C(F)(F)F)n1. The fourth-order valence-electron chi connectivity index (χ4n) is 1.57. The summed E-state index contributed by atoms with van der Waals surface area (Å²) < 4.78 is 44.1. The van der Waals surface area contributed by atoms with Crippen molar-refractivity contribution in [2.75, 3.05) is 12.3 Å². The smallest absolute Gasteiger partial charge is 0.417 e. The molecule has 0 amide bonds. The molecule has 0 saturated carbocycles. The molecule has 6 nitrogen and oxygen atoms in total. The van der Waals surface area contributed by atoms with Gasteiger partial charge >= 0.3 is 12.2 Å². The van der Waals surface area contributed by atoms with E-state index >= 15 is 0 Å². The van der Waals surface area contributed by atoms with Gasteiger partial charge in [0.15, 0.2) is 5.82 Å². The standard InChI is InChI=1S/C12H12F3N5O/c1-2-5-21-11-19-9(18-10(16)20-11)7-6-17-4-3-8(7)12(13,14)15/h3-4,6H,2,5H2,1H3,(H2,16,18,19,20). The maximum atomic E-state index is 13.0. The summed E-state index contributed by atoms with van der Waals surface area (Å²) in [5.74, 6) is -0.447. The van der Waals surface area contributed by atoms with Crippen LogP contribution in [0.25, 0.3) is 11.4 Å². The zero-order valence-electron chi connectivity index (χ0n) is 11.1. The Morgan fingerprint density at radius 3 is 2.67 bits per heavy atom. The van der Waals surface area contributed by atoms with E-state index in [4.69, 9.17) is 10.5 Å². The number of alkyl halides is 3. The molecule has 0 bridgehead atoms.